The second-order valence-corrected chi connectivity index (χ2v) is 9.51. The van der Waals surface area contributed by atoms with Gasteiger partial charge in [-0.25, -0.2) is 4.79 Å². The zero-order chi connectivity index (χ0) is 25.2. The monoisotopic (exact) mass is 494 g/mol. The average molecular weight is 495 g/mol. The Morgan fingerprint density at radius 1 is 1.03 bits per heavy atom. The van der Waals surface area contributed by atoms with Crippen molar-refractivity contribution in [3.63, 3.8) is 0 Å². The summed E-state index contributed by atoms with van der Waals surface area (Å²) >= 11 is 0. The van der Waals surface area contributed by atoms with Crippen molar-refractivity contribution in [1.82, 2.24) is 0 Å². The largest absolute Gasteiger partial charge is 0.507 e. The van der Waals surface area contributed by atoms with E-state index in [1.54, 1.807) is 26.0 Å². The lowest BCUT2D eigenvalue weighted by atomic mass is 9.75. The molecule has 0 fully saturated rings. The van der Waals surface area contributed by atoms with Crippen molar-refractivity contribution in [2.24, 2.45) is 0 Å². The van der Waals surface area contributed by atoms with E-state index in [1.807, 2.05) is 37.3 Å². The second kappa shape index (κ2) is 12.9. The number of unbranched alkanes of at least 4 members (excludes halogenated alkanes) is 3. The van der Waals surface area contributed by atoms with Gasteiger partial charge in [-0.1, -0.05) is 68.7 Å². The first-order valence-corrected chi connectivity index (χ1v) is 12.8. The molecule has 1 atom stereocenters. The Kier molecular flexibility index (Phi) is 10.5. The maximum atomic E-state index is 12.9. The number of phenols is 1. The summed E-state index contributed by atoms with van der Waals surface area (Å²) in [7, 11) is -4.97. The number of aryl methyl sites for hydroxylation is 2. The third kappa shape index (κ3) is 8.09. The number of rotatable bonds is 14. The highest BCUT2D eigenvalue weighted by atomic mass is 32.3. The Hall–Kier alpha value is -2.46. The van der Waals surface area contributed by atoms with Gasteiger partial charge >= 0.3 is 16.4 Å². The molecule has 0 saturated heterocycles. The van der Waals surface area contributed by atoms with Crippen LogP contribution < -0.4 is 0 Å². The van der Waals surface area contributed by atoms with Crippen LogP contribution in [0.25, 0.3) is 0 Å². The Bertz CT molecular complexity index is 1040. The standard InChI is InChI=1S/C25H34O8S/c1-4-21-15-14-19(2)22(23(21)26)25(3,24(27)32-33-34(28,29)30)16-10-5-6-11-17-31-18-20-12-8-7-9-13-20/h7-9,12-15,26H,4-6,10-11,16-18H2,1-3H3,(H,28,29,30). The van der Waals surface area contributed by atoms with Gasteiger partial charge in [0.1, 0.15) is 5.75 Å². The first kappa shape index (κ1) is 27.8. The van der Waals surface area contributed by atoms with Gasteiger partial charge in [0.25, 0.3) is 0 Å². The molecule has 9 heteroatoms. The van der Waals surface area contributed by atoms with Crippen LogP contribution in [0.15, 0.2) is 42.5 Å². The molecule has 2 rings (SSSR count). The van der Waals surface area contributed by atoms with Gasteiger partial charge in [0, 0.05) is 12.2 Å². The quantitative estimate of drug-likeness (QED) is 0.164. The van der Waals surface area contributed by atoms with Crippen LogP contribution in [0, 0.1) is 6.92 Å². The highest BCUT2D eigenvalue weighted by molar-refractivity contribution is 7.80. The van der Waals surface area contributed by atoms with E-state index >= 15 is 0 Å². The molecule has 0 aliphatic carbocycles. The molecule has 0 saturated carbocycles. The minimum Gasteiger partial charge on any atom is -0.507 e. The molecule has 8 nitrogen and oxygen atoms in total. The summed E-state index contributed by atoms with van der Waals surface area (Å²) in [6, 6.07) is 13.5. The molecule has 2 N–H and O–H groups in total. The molecule has 0 aliphatic heterocycles. The van der Waals surface area contributed by atoms with Crippen LogP contribution in [0.3, 0.4) is 0 Å². The molecule has 2 aromatic rings. The summed E-state index contributed by atoms with van der Waals surface area (Å²) in [5, 5.41) is 10.8. The number of benzene rings is 2. The number of hydrogen-bond acceptors (Lipinski definition) is 7. The zero-order valence-corrected chi connectivity index (χ0v) is 20.8. The van der Waals surface area contributed by atoms with Crippen LogP contribution in [0.2, 0.25) is 0 Å². The van der Waals surface area contributed by atoms with Crippen molar-refractivity contribution >= 4 is 16.4 Å². The van der Waals surface area contributed by atoms with Crippen molar-refractivity contribution < 1.29 is 36.8 Å². The smallest absolute Gasteiger partial charge is 0.432 e. The highest BCUT2D eigenvalue weighted by Gasteiger charge is 2.41. The molecule has 188 valence electrons. The van der Waals surface area contributed by atoms with Gasteiger partial charge in [0.2, 0.25) is 0 Å². The van der Waals surface area contributed by atoms with Crippen molar-refractivity contribution in [3.8, 4) is 5.75 Å². The fraction of sp³-hybridized carbons (Fsp3) is 0.480. The van der Waals surface area contributed by atoms with Gasteiger partial charge in [0.15, 0.2) is 0 Å². The van der Waals surface area contributed by atoms with Crippen LogP contribution in [0.5, 0.6) is 5.75 Å². The third-order valence-electron chi connectivity index (χ3n) is 5.88. The lowest BCUT2D eigenvalue weighted by Crippen LogP contribution is -2.36. The third-order valence-corrected chi connectivity index (χ3v) is 6.12. The van der Waals surface area contributed by atoms with E-state index < -0.39 is 21.8 Å². The fourth-order valence-electron chi connectivity index (χ4n) is 4.01. The Morgan fingerprint density at radius 3 is 2.35 bits per heavy atom. The van der Waals surface area contributed by atoms with Gasteiger partial charge < -0.3 is 9.84 Å². The Balaban J connectivity index is 2.00. The summed E-state index contributed by atoms with van der Waals surface area (Å²) in [4.78, 5) is 17.4. The fourth-order valence-corrected chi connectivity index (χ4v) is 4.16. The molecule has 0 bridgehead atoms. The highest BCUT2D eigenvalue weighted by Crippen LogP contribution is 2.41. The number of aromatic hydroxyl groups is 1. The summed E-state index contributed by atoms with van der Waals surface area (Å²) in [5.41, 5.74) is 1.42. The Labute approximate surface area is 201 Å². The number of hydrogen-bond donors (Lipinski definition) is 2. The Morgan fingerprint density at radius 2 is 1.71 bits per heavy atom. The molecule has 34 heavy (non-hydrogen) atoms. The number of ether oxygens (including phenoxy) is 1. The van der Waals surface area contributed by atoms with E-state index in [2.05, 4.69) is 9.22 Å². The first-order valence-electron chi connectivity index (χ1n) is 11.4. The molecule has 1 unspecified atom stereocenters. The minimum atomic E-state index is -4.97. The zero-order valence-electron chi connectivity index (χ0n) is 20.0. The lowest BCUT2D eigenvalue weighted by molar-refractivity contribution is -0.221. The van der Waals surface area contributed by atoms with Gasteiger partial charge in [0.05, 0.1) is 12.0 Å². The maximum Gasteiger partial charge on any atom is 0.432 e. The van der Waals surface area contributed by atoms with E-state index in [0.717, 1.165) is 24.8 Å². The predicted molar refractivity (Wildman–Crippen MR) is 127 cm³/mol. The summed E-state index contributed by atoms with van der Waals surface area (Å²) < 4.78 is 40.2. The van der Waals surface area contributed by atoms with Crippen LogP contribution in [0.1, 0.15) is 68.2 Å². The molecule has 0 spiro atoms. The van der Waals surface area contributed by atoms with Gasteiger partial charge in [-0.3, -0.25) is 9.44 Å². The summed E-state index contributed by atoms with van der Waals surface area (Å²) in [5.74, 6) is -1.04. The number of carbonyl (C=O) groups excluding carboxylic acids is 1. The first-order chi connectivity index (χ1) is 16.1. The van der Waals surface area contributed by atoms with E-state index in [4.69, 9.17) is 9.29 Å². The lowest BCUT2D eigenvalue weighted by Gasteiger charge is -2.29. The molecule has 0 radical (unpaired) electrons. The predicted octanol–water partition coefficient (Wildman–Crippen LogP) is 4.97. The van der Waals surface area contributed by atoms with Crippen LogP contribution in [-0.4, -0.2) is 30.7 Å². The van der Waals surface area contributed by atoms with E-state index in [0.29, 0.717) is 42.7 Å². The van der Waals surface area contributed by atoms with Crippen molar-refractivity contribution in [3.05, 3.63) is 64.7 Å². The number of carbonyl (C=O) groups is 1. The summed E-state index contributed by atoms with van der Waals surface area (Å²) in [6.45, 7) is 6.39. The van der Waals surface area contributed by atoms with Crippen molar-refractivity contribution in [2.75, 3.05) is 6.61 Å². The van der Waals surface area contributed by atoms with Gasteiger partial charge in [-0.05, 0) is 54.1 Å². The van der Waals surface area contributed by atoms with Gasteiger partial charge in [-0.2, -0.15) is 8.42 Å². The molecular formula is C25H34O8S. The van der Waals surface area contributed by atoms with E-state index in [9.17, 15) is 18.3 Å². The van der Waals surface area contributed by atoms with Gasteiger partial charge in [-0.15, -0.1) is 0 Å². The molecule has 0 aliphatic rings. The number of phenolic OH excluding ortho intramolecular Hbond substituents is 1. The molecule has 2 aromatic carbocycles. The molecule has 0 heterocycles. The molecular weight excluding hydrogens is 460 g/mol. The van der Waals surface area contributed by atoms with E-state index in [1.165, 1.54) is 0 Å². The molecule has 0 aromatic heterocycles. The van der Waals surface area contributed by atoms with E-state index in [-0.39, 0.29) is 12.2 Å². The topological polar surface area (TPSA) is 119 Å². The second-order valence-electron chi connectivity index (χ2n) is 8.52. The minimum absolute atomic E-state index is 0.0249. The van der Waals surface area contributed by atoms with Crippen LogP contribution in [0.4, 0.5) is 0 Å². The van der Waals surface area contributed by atoms with Crippen molar-refractivity contribution in [1.29, 1.82) is 0 Å². The molecule has 0 amide bonds. The van der Waals surface area contributed by atoms with Crippen LogP contribution >= 0.6 is 0 Å². The summed E-state index contributed by atoms with van der Waals surface area (Å²) in [6.07, 6.45) is 3.98. The maximum absolute atomic E-state index is 12.9. The normalized spacial score (nSPS) is 13.4. The van der Waals surface area contributed by atoms with Crippen molar-refractivity contribution in [2.45, 2.75) is 71.3 Å². The average Bonchev–Trinajstić information content (AvgIpc) is 2.79. The SMILES string of the molecule is CCc1ccc(C)c(C(C)(CCCCCCOCc2ccccc2)C(=O)OOS(=O)(=O)O)c1O. The van der Waals surface area contributed by atoms with Crippen LogP contribution in [-0.2, 0) is 47.6 Å².